The van der Waals surface area contributed by atoms with Crippen molar-refractivity contribution in [2.45, 2.75) is 50.5 Å². The highest BCUT2D eigenvalue weighted by molar-refractivity contribution is 7.89. The summed E-state index contributed by atoms with van der Waals surface area (Å²) in [6.45, 7) is 3.06. The summed E-state index contributed by atoms with van der Waals surface area (Å²) in [6.07, 6.45) is 1.90. The molecule has 2 atom stereocenters. The van der Waals surface area contributed by atoms with E-state index in [0.717, 1.165) is 0 Å². The molecule has 0 radical (unpaired) electrons. The van der Waals surface area contributed by atoms with E-state index in [9.17, 15) is 17.6 Å². The minimum absolute atomic E-state index is 0.00175. The number of benzene rings is 1. The number of aliphatic carboxylic acids is 1. The third-order valence-electron chi connectivity index (χ3n) is 4.05. The molecule has 122 valence electrons. The van der Waals surface area contributed by atoms with Crippen LogP contribution in [-0.2, 0) is 14.8 Å². The highest BCUT2D eigenvalue weighted by atomic mass is 32.2. The molecule has 0 aliphatic heterocycles. The number of aryl methyl sites for hydroxylation is 2. The number of carbonyl (C=O) groups is 1. The summed E-state index contributed by atoms with van der Waals surface area (Å²) in [6, 6.07) is 2.36. The van der Waals surface area contributed by atoms with Gasteiger partial charge in [-0.1, -0.05) is 0 Å². The van der Waals surface area contributed by atoms with Gasteiger partial charge >= 0.3 is 5.97 Å². The predicted molar refractivity (Wildman–Crippen MR) is 79.6 cm³/mol. The molecular weight excluding hydrogens is 309 g/mol. The van der Waals surface area contributed by atoms with E-state index < -0.39 is 21.8 Å². The van der Waals surface area contributed by atoms with E-state index in [1.165, 1.54) is 26.0 Å². The number of halogens is 1. The van der Waals surface area contributed by atoms with Crippen molar-refractivity contribution in [1.82, 2.24) is 4.72 Å². The smallest absolute Gasteiger partial charge is 0.303 e. The molecule has 1 saturated carbocycles. The van der Waals surface area contributed by atoms with Gasteiger partial charge in [0.15, 0.2) is 0 Å². The summed E-state index contributed by atoms with van der Waals surface area (Å²) >= 11 is 0. The van der Waals surface area contributed by atoms with Crippen LogP contribution in [0.3, 0.4) is 0 Å². The first kappa shape index (κ1) is 16.9. The molecule has 2 N–H and O–H groups in total. The zero-order valence-electron chi connectivity index (χ0n) is 12.6. The number of sulfonamides is 1. The maximum absolute atomic E-state index is 13.6. The average Bonchev–Trinajstić information content (AvgIpc) is 2.80. The molecule has 0 unspecified atom stereocenters. The van der Waals surface area contributed by atoms with Crippen LogP contribution in [0.25, 0.3) is 0 Å². The quantitative estimate of drug-likeness (QED) is 0.868. The van der Waals surface area contributed by atoms with Gasteiger partial charge in [-0.05, 0) is 62.3 Å². The van der Waals surface area contributed by atoms with Crippen molar-refractivity contribution < 1.29 is 22.7 Å². The van der Waals surface area contributed by atoms with Gasteiger partial charge in [0.05, 0.1) is 4.90 Å². The van der Waals surface area contributed by atoms with Crippen molar-refractivity contribution in [3.8, 4) is 0 Å². The second-order valence-corrected chi connectivity index (χ2v) is 7.68. The number of hydrogen-bond donors (Lipinski definition) is 2. The van der Waals surface area contributed by atoms with Crippen LogP contribution in [0.15, 0.2) is 17.0 Å². The second-order valence-electron chi connectivity index (χ2n) is 5.97. The van der Waals surface area contributed by atoms with Crippen LogP contribution in [0.1, 0.15) is 36.8 Å². The normalized spacial score (nSPS) is 22.0. The Morgan fingerprint density at radius 2 is 1.91 bits per heavy atom. The van der Waals surface area contributed by atoms with Crippen molar-refractivity contribution in [3.05, 3.63) is 29.1 Å². The fourth-order valence-corrected chi connectivity index (χ4v) is 4.42. The maximum Gasteiger partial charge on any atom is 0.303 e. The molecule has 1 fully saturated rings. The Hall–Kier alpha value is -1.47. The molecule has 1 aromatic rings. The summed E-state index contributed by atoms with van der Waals surface area (Å²) in [5.74, 6) is -1.26. The molecule has 1 aliphatic rings. The highest BCUT2D eigenvalue weighted by Gasteiger charge is 2.30. The number of rotatable bonds is 5. The molecule has 5 nitrogen and oxygen atoms in total. The number of carboxylic acids is 1. The van der Waals surface area contributed by atoms with Crippen molar-refractivity contribution in [3.63, 3.8) is 0 Å². The molecule has 2 rings (SSSR count). The number of hydrogen-bond acceptors (Lipinski definition) is 3. The molecule has 1 aliphatic carbocycles. The van der Waals surface area contributed by atoms with E-state index in [1.807, 2.05) is 0 Å². The zero-order chi connectivity index (χ0) is 16.5. The second kappa shape index (κ2) is 6.34. The van der Waals surface area contributed by atoms with Crippen LogP contribution in [0.5, 0.6) is 0 Å². The molecular formula is C15H20FNO4S. The monoisotopic (exact) mass is 329 g/mol. The minimum Gasteiger partial charge on any atom is -0.481 e. The van der Waals surface area contributed by atoms with E-state index in [4.69, 9.17) is 5.11 Å². The lowest BCUT2D eigenvalue weighted by Gasteiger charge is -2.14. The lowest BCUT2D eigenvalue weighted by atomic mass is 10.0. The van der Waals surface area contributed by atoms with Gasteiger partial charge in [0.2, 0.25) is 10.0 Å². The van der Waals surface area contributed by atoms with Gasteiger partial charge in [0, 0.05) is 12.5 Å². The van der Waals surface area contributed by atoms with Gasteiger partial charge < -0.3 is 5.11 Å². The van der Waals surface area contributed by atoms with Crippen LogP contribution in [0, 0.1) is 25.6 Å². The third kappa shape index (κ3) is 3.84. The Morgan fingerprint density at radius 3 is 2.45 bits per heavy atom. The lowest BCUT2D eigenvalue weighted by molar-refractivity contribution is -0.138. The summed E-state index contributed by atoms with van der Waals surface area (Å²) in [5, 5.41) is 8.78. The summed E-state index contributed by atoms with van der Waals surface area (Å²) in [5.41, 5.74) is 0.575. The molecule has 0 bridgehead atoms. The Morgan fingerprint density at radius 1 is 1.32 bits per heavy atom. The Balaban J connectivity index is 2.11. The number of nitrogens with one attached hydrogen (secondary N) is 1. The summed E-state index contributed by atoms with van der Waals surface area (Å²) in [7, 11) is -3.72. The minimum atomic E-state index is -3.72. The van der Waals surface area contributed by atoms with Gasteiger partial charge in [-0.15, -0.1) is 0 Å². The van der Waals surface area contributed by atoms with Crippen molar-refractivity contribution in [2.24, 2.45) is 5.92 Å². The number of carboxylic acid groups (broad SMARTS) is 1. The zero-order valence-corrected chi connectivity index (χ0v) is 13.4. The maximum atomic E-state index is 13.6. The van der Waals surface area contributed by atoms with Crippen LogP contribution < -0.4 is 4.72 Å². The molecule has 22 heavy (non-hydrogen) atoms. The van der Waals surface area contributed by atoms with E-state index >= 15 is 0 Å². The molecule has 7 heteroatoms. The first-order chi connectivity index (χ1) is 10.2. The van der Waals surface area contributed by atoms with Gasteiger partial charge in [0.25, 0.3) is 0 Å². The molecule has 0 spiro atoms. The van der Waals surface area contributed by atoms with Crippen LogP contribution in [-0.4, -0.2) is 25.5 Å². The Labute approximate surface area is 129 Å². The SMILES string of the molecule is Cc1cc(S(=O)(=O)N[C@@H]2CC[C@H](CC(=O)O)C2)cc(C)c1F. The van der Waals surface area contributed by atoms with E-state index in [2.05, 4.69) is 4.72 Å². The fraction of sp³-hybridized carbons (Fsp3) is 0.533. The summed E-state index contributed by atoms with van der Waals surface area (Å²) < 4.78 is 41.0. The third-order valence-corrected chi connectivity index (χ3v) is 5.55. The standard InChI is InChI=1S/C15H20FNO4S/c1-9-5-13(6-10(2)15(9)16)22(20,21)17-12-4-3-11(7-12)8-14(18)19/h5-6,11-12,17H,3-4,7-8H2,1-2H3,(H,18,19)/t11-,12+/m0/s1. The van der Waals surface area contributed by atoms with Crippen molar-refractivity contribution >= 4 is 16.0 Å². The van der Waals surface area contributed by atoms with Crippen molar-refractivity contribution in [1.29, 1.82) is 0 Å². The van der Waals surface area contributed by atoms with E-state index in [1.54, 1.807) is 0 Å². The van der Waals surface area contributed by atoms with E-state index in [0.29, 0.717) is 19.3 Å². The lowest BCUT2D eigenvalue weighted by Crippen LogP contribution is -2.33. The van der Waals surface area contributed by atoms with Crippen LogP contribution in [0.2, 0.25) is 0 Å². The Kier molecular flexibility index (Phi) is 4.87. The van der Waals surface area contributed by atoms with Crippen LogP contribution >= 0.6 is 0 Å². The first-order valence-electron chi connectivity index (χ1n) is 7.20. The largest absolute Gasteiger partial charge is 0.481 e. The molecule has 0 heterocycles. The molecule has 0 saturated heterocycles. The summed E-state index contributed by atoms with van der Waals surface area (Å²) in [4.78, 5) is 10.7. The molecule has 0 aromatic heterocycles. The Bertz CT molecular complexity index is 664. The first-order valence-corrected chi connectivity index (χ1v) is 8.68. The van der Waals surface area contributed by atoms with Gasteiger partial charge in [-0.3, -0.25) is 4.79 Å². The van der Waals surface area contributed by atoms with Crippen LogP contribution in [0.4, 0.5) is 4.39 Å². The highest BCUT2D eigenvalue weighted by Crippen LogP contribution is 2.29. The molecule has 0 amide bonds. The predicted octanol–water partition coefficient (Wildman–Crippen LogP) is 2.36. The fourth-order valence-electron chi connectivity index (χ4n) is 2.96. The average molecular weight is 329 g/mol. The topological polar surface area (TPSA) is 83.5 Å². The molecule has 1 aromatic carbocycles. The van der Waals surface area contributed by atoms with Gasteiger partial charge in [-0.2, -0.15) is 0 Å². The van der Waals surface area contributed by atoms with E-state index in [-0.39, 0.29) is 34.4 Å². The van der Waals surface area contributed by atoms with Crippen molar-refractivity contribution in [2.75, 3.05) is 0 Å². The van der Waals surface area contributed by atoms with Gasteiger partial charge in [-0.25, -0.2) is 17.5 Å². The van der Waals surface area contributed by atoms with Gasteiger partial charge in [0.1, 0.15) is 5.82 Å².